The number of rotatable bonds is 3. The summed E-state index contributed by atoms with van der Waals surface area (Å²) in [6, 6.07) is 2.85. The van der Waals surface area contributed by atoms with Crippen LogP contribution in [0.3, 0.4) is 0 Å². The molecule has 1 N–H and O–H groups in total. The molecule has 0 amide bonds. The van der Waals surface area contributed by atoms with Gasteiger partial charge in [0.25, 0.3) is 0 Å². The van der Waals surface area contributed by atoms with Gasteiger partial charge in [-0.2, -0.15) is 5.10 Å². The highest BCUT2D eigenvalue weighted by Crippen LogP contribution is 2.22. The predicted octanol–water partition coefficient (Wildman–Crippen LogP) is -0.193. The maximum atomic E-state index is 11.7. The summed E-state index contributed by atoms with van der Waals surface area (Å²) < 4.78 is 25.1. The summed E-state index contributed by atoms with van der Waals surface area (Å²) in [7, 11) is -3.20. The lowest BCUT2D eigenvalue weighted by Crippen LogP contribution is -2.49. The number of aromatic nitrogens is 3. The van der Waals surface area contributed by atoms with Crippen LogP contribution in [-0.2, 0) is 14.6 Å². The highest BCUT2D eigenvalue weighted by atomic mass is 32.2. The molecule has 0 radical (unpaired) electrons. The van der Waals surface area contributed by atoms with Crippen LogP contribution < -0.4 is 4.90 Å². The van der Waals surface area contributed by atoms with Crippen molar-refractivity contribution in [2.24, 2.45) is 0 Å². The first-order valence-electron chi connectivity index (χ1n) is 6.44. The van der Waals surface area contributed by atoms with Crippen LogP contribution in [0.1, 0.15) is 6.42 Å². The van der Waals surface area contributed by atoms with Crippen molar-refractivity contribution in [1.82, 2.24) is 14.6 Å². The summed E-state index contributed by atoms with van der Waals surface area (Å²) in [6.45, 7) is 0.248. The Morgan fingerprint density at radius 1 is 1.43 bits per heavy atom. The van der Waals surface area contributed by atoms with Gasteiger partial charge in [0.05, 0.1) is 30.2 Å². The normalized spacial score (nSPS) is 21.5. The Labute approximate surface area is 120 Å². The molecule has 2 aromatic rings. The molecule has 1 atom stereocenters. The topological polar surface area (TPSA) is 105 Å². The molecule has 3 heterocycles. The molecule has 8 nitrogen and oxygen atoms in total. The van der Waals surface area contributed by atoms with Crippen molar-refractivity contribution in [3.05, 3.63) is 24.5 Å². The van der Waals surface area contributed by atoms with Crippen LogP contribution in [-0.4, -0.2) is 58.2 Å². The molecule has 0 spiro atoms. The minimum atomic E-state index is -3.20. The zero-order valence-electron chi connectivity index (χ0n) is 11.1. The van der Waals surface area contributed by atoms with Gasteiger partial charge in [0.15, 0.2) is 15.5 Å². The van der Waals surface area contributed by atoms with E-state index in [4.69, 9.17) is 5.11 Å². The molecular weight excluding hydrogens is 296 g/mol. The van der Waals surface area contributed by atoms with Crippen LogP contribution in [0, 0.1) is 0 Å². The maximum absolute atomic E-state index is 11.7. The zero-order valence-corrected chi connectivity index (χ0v) is 11.9. The van der Waals surface area contributed by atoms with E-state index in [2.05, 4.69) is 10.1 Å². The van der Waals surface area contributed by atoms with E-state index in [1.54, 1.807) is 33.9 Å². The monoisotopic (exact) mass is 310 g/mol. The number of aliphatic carboxylic acids is 1. The number of hydrogen-bond acceptors (Lipinski definition) is 6. The molecule has 1 unspecified atom stereocenters. The lowest BCUT2D eigenvalue weighted by Gasteiger charge is -2.35. The van der Waals surface area contributed by atoms with Crippen molar-refractivity contribution in [1.29, 1.82) is 0 Å². The van der Waals surface area contributed by atoms with Crippen molar-refractivity contribution in [2.75, 3.05) is 23.0 Å². The summed E-state index contributed by atoms with van der Waals surface area (Å²) >= 11 is 0. The van der Waals surface area contributed by atoms with Crippen LogP contribution in [0.25, 0.3) is 5.65 Å². The van der Waals surface area contributed by atoms with Gasteiger partial charge < -0.3 is 10.0 Å². The molecule has 1 aliphatic heterocycles. The van der Waals surface area contributed by atoms with E-state index >= 15 is 0 Å². The molecular formula is C12H14N4O4S. The maximum Gasteiger partial charge on any atom is 0.305 e. The zero-order chi connectivity index (χ0) is 15.0. The van der Waals surface area contributed by atoms with Gasteiger partial charge >= 0.3 is 5.97 Å². The molecule has 1 fully saturated rings. The second kappa shape index (κ2) is 4.99. The summed E-state index contributed by atoms with van der Waals surface area (Å²) in [5.74, 6) is -0.600. The largest absolute Gasteiger partial charge is 0.481 e. The Morgan fingerprint density at radius 3 is 3.00 bits per heavy atom. The van der Waals surface area contributed by atoms with Crippen LogP contribution in [0.2, 0.25) is 0 Å². The van der Waals surface area contributed by atoms with Crippen molar-refractivity contribution >= 4 is 27.3 Å². The third-order valence-electron chi connectivity index (χ3n) is 3.48. The number of anilines is 1. The van der Waals surface area contributed by atoms with E-state index in [1.807, 2.05) is 0 Å². The molecule has 21 heavy (non-hydrogen) atoms. The highest BCUT2D eigenvalue weighted by molar-refractivity contribution is 7.91. The van der Waals surface area contributed by atoms with Gasteiger partial charge in [-0.15, -0.1) is 0 Å². The Morgan fingerprint density at radius 2 is 2.24 bits per heavy atom. The fraction of sp³-hybridized carbons (Fsp3) is 0.417. The first-order chi connectivity index (χ1) is 9.94. The Balaban J connectivity index is 1.95. The number of nitrogens with zero attached hydrogens (tertiary/aromatic N) is 4. The minimum Gasteiger partial charge on any atom is -0.481 e. The third-order valence-corrected chi connectivity index (χ3v) is 5.18. The van der Waals surface area contributed by atoms with E-state index in [1.165, 1.54) is 0 Å². The molecule has 0 bridgehead atoms. The molecule has 1 aliphatic rings. The molecule has 0 aliphatic carbocycles. The number of carboxylic acids is 1. The lowest BCUT2D eigenvalue weighted by atomic mass is 10.2. The molecule has 0 aromatic carbocycles. The van der Waals surface area contributed by atoms with E-state index < -0.39 is 21.8 Å². The number of carbonyl (C=O) groups is 1. The second-order valence-corrected chi connectivity index (χ2v) is 7.21. The molecule has 0 saturated carbocycles. The first-order valence-corrected chi connectivity index (χ1v) is 8.26. The average molecular weight is 310 g/mol. The van der Waals surface area contributed by atoms with Gasteiger partial charge in [-0.1, -0.05) is 0 Å². The minimum absolute atomic E-state index is 0.00917. The van der Waals surface area contributed by atoms with E-state index in [0.29, 0.717) is 11.5 Å². The number of carboxylic acid groups (broad SMARTS) is 1. The van der Waals surface area contributed by atoms with Crippen LogP contribution >= 0.6 is 0 Å². The standard InChI is InChI=1S/C12H14N4O4S/c17-12(18)7-9-8-21(19,20)6-5-15(9)10-2-4-16-11(14-10)1-3-13-16/h1-4,9H,5-8H2,(H,17,18). The highest BCUT2D eigenvalue weighted by Gasteiger charge is 2.33. The van der Waals surface area contributed by atoms with Gasteiger partial charge in [-0.25, -0.2) is 17.9 Å². The molecule has 9 heteroatoms. The van der Waals surface area contributed by atoms with Crippen molar-refractivity contribution in [3.8, 4) is 0 Å². The van der Waals surface area contributed by atoms with Gasteiger partial charge in [0.2, 0.25) is 0 Å². The smallest absolute Gasteiger partial charge is 0.305 e. The average Bonchev–Trinajstić information content (AvgIpc) is 2.84. The summed E-state index contributed by atoms with van der Waals surface area (Å²) in [6.07, 6.45) is 3.10. The quantitative estimate of drug-likeness (QED) is 0.837. The molecule has 1 saturated heterocycles. The number of hydrogen-bond donors (Lipinski definition) is 1. The Bertz CT molecular complexity index is 785. The molecule has 3 rings (SSSR count). The number of fused-ring (bicyclic) bond motifs is 1. The Kier molecular flexibility index (Phi) is 3.28. The van der Waals surface area contributed by atoms with Crippen LogP contribution in [0.5, 0.6) is 0 Å². The SMILES string of the molecule is O=C(O)CC1CS(=O)(=O)CCN1c1ccn2nccc2n1. The second-order valence-electron chi connectivity index (χ2n) is 4.98. The van der Waals surface area contributed by atoms with Gasteiger partial charge in [0, 0.05) is 18.8 Å². The lowest BCUT2D eigenvalue weighted by molar-refractivity contribution is -0.137. The fourth-order valence-electron chi connectivity index (χ4n) is 2.52. The van der Waals surface area contributed by atoms with Crippen LogP contribution in [0.4, 0.5) is 5.82 Å². The summed E-state index contributed by atoms with van der Waals surface area (Å²) in [4.78, 5) is 17.1. The fourth-order valence-corrected chi connectivity index (χ4v) is 4.05. The number of sulfone groups is 1. The van der Waals surface area contributed by atoms with Crippen molar-refractivity contribution in [2.45, 2.75) is 12.5 Å². The van der Waals surface area contributed by atoms with Crippen LogP contribution in [0.15, 0.2) is 24.5 Å². The Hall–Kier alpha value is -2.16. The van der Waals surface area contributed by atoms with Crippen molar-refractivity contribution < 1.29 is 18.3 Å². The van der Waals surface area contributed by atoms with E-state index in [0.717, 1.165) is 0 Å². The molecule has 2 aromatic heterocycles. The van der Waals surface area contributed by atoms with E-state index in [-0.39, 0.29) is 24.5 Å². The summed E-state index contributed by atoms with van der Waals surface area (Å²) in [5, 5.41) is 13.0. The summed E-state index contributed by atoms with van der Waals surface area (Å²) in [5.41, 5.74) is 0.634. The third kappa shape index (κ3) is 2.82. The molecule has 112 valence electrons. The van der Waals surface area contributed by atoms with Crippen molar-refractivity contribution in [3.63, 3.8) is 0 Å². The predicted molar refractivity (Wildman–Crippen MR) is 75.0 cm³/mol. The van der Waals surface area contributed by atoms with Gasteiger partial charge in [-0.05, 0) is 6.07 Å². The van der Waals surface area contributed by atoms with Gasteiger partial charge in [0.1, 0.15) is 5.82 Å². The van der Waals surface area contributed by atoms with Gasteiger partial charge in [-0.3, -0.25) is 4.79 Å². The first kappa shape index (κ1) is 13.8. The van der Waals surface area contributed by atoms with E-state index in [9.17, 15) is 13.2 Å².